The molecule has 0 fully saturated rings. The number of rotatable bonds is 4. The lowest BCUT2D eigenvalue weighted by Crippen LogP contribution is -2.20. The molecule has 0 aliphatic heterocycles. The van der Waals surface area contributed by atoms with E-state index in [2.05, 4.69) is 5.32 Å². The molecule has 0 amide bonds. The van der Waals surface area contributed by atoms with Gasteiger partial charge >= 0.3 is 0 Å². The number of likely N-dealkylation sites (N-methyl/N-ethyl adjacent to an activating group) is 1. The van der Waals surface area contributed by atoms with Gasteiger partial charge in [-0.05, 0) is 43.3 Å². The van der Waals surface area contributed by atoms with Gasteiger partial charge in [-0.3, -0.25) is 0 Å². The smallest absolute Gasteiger partial charge is 0.128 e. The van der Waals surface area contributed by atoms with Crippen LogP contribution in [0.25, 0.3) is 0 Å². The molecule has 0 aromatic heterocycles. The van der Waals surface area contributed by atoms with Gasteiger partial charge in [0.1, 0.15) is 11.6 Å². The number of hydrogen-bond acceptors (Lipinski definition) is 1. The maximum absolute atomic E-state index is 13.8. The van der Waals surface area contributed by atoms with E-state index in [9.17, 15) is 8.78 Å². The lowest BCUT2D eigenvalue weighted by molar-refractivity contribution is 0.520. The van der Waals surface area contributed by atoms with Gasteiger partial charge < -0.3 is 5.32 Å². The number of hydrogen-bond donors (Lipinski definition) is 1. The molecule has 2 rings (SSSR count). The standard InChI is InChI=1S/C15H14ClF2N/c1-19-15(8-10-4-2-3-5-13(10)17)12-9-11(16)6-7-14(12)18/h2-7,9,15,19H,8H2,1H3. The van der Waals surface area contributed by atoms with E-state index in [1.807, 2.05) is 0 Å². The summed E-state index contributed by atoms with van der Waals surface area (Å²) < 4.78 is 27.5. The molecular weight excluding hydrogens is 268 g/mol. The molecule has 1 unspecified atom stereocenters. The average Bonchev–Trinajstić information content (AvgIpc) is 2.41. The van der Waals surface area contributed by atoms with Crippen molar-refractivity contribution in [1.82, 2.24) is 5.32 Å². The predicted molar refractivity (Wildman–Crippen MR) is 73.3 cm³/mol. The summed E-state index contributed by atoms with van der Waals surface area (Å²) in [4.78, 5) is 0. The topological polar surface area (TPSA) is 12.0 Å². The quantitative estimate of drug-likeness (QED) is 0.889. The van der Waals surface area contributed by atoms with E-state index in [0.717, 1.165) is 0 Å². The summed E-state index contributed by atoms with van der Waals surface area (Å²) in [5, 5.41) is 3.46. The molecule has 4 heteroatoms. The first kappa shape index (κ1) is 14.0. The van der Waals surface area contributed by atoms with Crippen LogP contribution in [-0.4, -0.2) is 7.05 Å². The van der Waals surface area contributed by atoms with E-state index in [1.165, 1.54) is 18.2 Å². The van der Waals surface area contributed by atoms with E-state index in [0.29, 0.717) is 22.6 Å². The van der Waals surface area contributed by atoms with Gasteiger partial charge in [0.2, 0.25) is 0 Å². The monoisotopic (exact) mass is 281 g/mol. The van der Waals surface area contributed by atoms with Gasteiger partial charge in [0.25, 0.3) is 0 Å². The SMILES string of the molecule is CNC(Cc1ccccc1F)c1cc(Cl)ccc1F. The van der Waals surface area contributed by atoms with E-state index < -0.39 is 0 Å². The van der Waals surface area contributed by atoms with Gasteiger partial charge in [-0.2, -0.15) is 0 Å². The van der Waals surface area contributed by atoms with E-state index >= 15 is 0 Å². The minimum atomic E-state index is -0.347. The second-order valence-corrected chi connectivity index (χ2v) is 4.74. The molecule has 0 spiro atoms. The summed E-state index contributed by atoms with van der Waals surface area (Å²) >= 11 is 5.88. The third-order valence-electron chi connectivity index (χ3n) is 3.06. The van der Waals surface area contributed by atoms with Crippen molar-refractivity contribution in [3.63, 3.8) is 0 Å². The van der Waals surface area contributed by atoms with E-state index in [4.69, 9.17) is 11.6 Å². The van der Waals surface area contributed by atoms with Crippen LogP contribution in [0.5, 0.6) is 0 Å². The number of benzene rings is 2. The molecule has 2 aromatic carbocycles. The van der Waals surface area contributed by atoms with Crippen LogP contribution in [0.4, 0.5) is 8.78 Å². The van der Waals surface area contributed by atoms with Crippen molar-refractivity contribution in [3.05, 3.63) is 70.2 Å². The minimum absolute atomic E-state index is 0.287. The van der Waals surface area contributed by atoms with Crippen LogP contribution in [0.15, 0.2) is 42.5 Å². The lowest BCUT2D eigenvalue weighted by Gasteiger charge is -2.18. The third kappa shape index (κ3) is 3.31. The third-order valence-corrected chi connectivity index (χ3v) is 3.30. The van der Waals surface area contributed by atoms with Gasteiger partial charge in [-0.1, -0.05) is 29.8 Å². The van der Waals surface area contributed by atoms with Crippen molar-refractivity contribution < 1.29 is 8.78 Å². The van der Waals surface area contributed by atoms with Crippen molar-refractivity contribution >= 4 is 11.6 Å². The van der Waals surface area contributed by atoms with Crippen molar-refractivity contribution in [2.24, 2.45) is 0 Å². The van der Waals surface area contributed by atoms with Crippen LogP contribution >= 0.6 is 11.6 Å². The first-order valence-electron chi connectivity index (χ1n) is 5.97. The van der Waals surface area contributed by atoms with Crippen molar-refractivity contribution in [2.45, 2.75) is 12.5 Å². The summed E-state index contributed by atoms with van der Waals surface area (Å²) in [6.07, 6.45) is 0.362. The molecule has 100 valence electrons. The fourth-order valence-corrected chi connectivity index (χ4v) is 2.21. The highest BCUT2D eigenvalue weighted by atomic mass is 35.5. The lowest BCUT2D eigenvalue weighted by atomic mass is 9.98. The maximum Gasteiger partial charge on any atom is 0.128 e. The zero-order valence-corrected chi connectivity index (χ0v) is 11.2. The molecule has 0 aliphatic rings. The Morgan fingerprint density at radius 3 is 2.53 bits per heavy atom. The molecule has 0 saturated heterocycles. The van der Waals surface area contributed by atoms with Crippen molar-refractivity contribution in [3.8, 4) is 0 Å². The van der Waals surface area contributed by atoms with Crippen LogP contribution in [0, 0.1) is 11.6 Å². The molecule has 0 heterocycles. The average molecular weight is 282 g/mol. The normalized spacial score (nSPS) is 12.4. The molecule has 0 saturated carbocycles. The first-order chi connectivity index (χ1) is 9.11. The van der Waals surface area contributed by atoms with Crippen molar-refractivity contribution in [1.29, 1.82) is 0 Å². The van der Waals surface area contributed by atoms with Gasteiger partial charge in [0.15, 0.2) is 0 Å². The van der Waals surface area contributed by atoms with E-state index in [1.54, 1.807) is 31.3 Å². The Bertz CT molecular complexity index is 572. The second-order valence-electron chi connectivity index (χ2n) is 4.30. The number of halogens is 3. The first-order valence-corrected chi connectivity index (χ1v) is 6.35. The fourth-order valence-electron chi connectivity index (χ4n) is 2.03. The molecule has 19 heavy (non-hydrogen) atoms. The molecule has 1 nitrogen and oxygen atoms in total. The van der Waals surface area contributed by atoms with Crippen LogP contribution < -0.4 is 5.32 Å². The molecule has 1 atom stereocenters. The molecule has 1 N–H and O–H groups in total. The minimum Gasteiger partial charge on any atom is -0.313 e. The summed E-state index contributed by atoms with van der Waals surface area (Å²) in [5.74, 6) is -0.634. The Morgan fingerprint density at radius 1 is 1.11 bits per heavy atom. The van der Waals surface area contributed by atoms with Gasteiger partial charge in [0, 0.05) is 16.6 Å². The highest BCUT2D eigenvalue weighted by molar-refractivity contribution is 6.30. The largest absolute Gasteiger partial charge is 0.313 e. The Labute approximate surface area is 116 Å². The summed E-state index contributed by atoms with van der Waals surface area (Å²) in [6, 6.07) is 10.6. The highest BCUT2D eigenvalue weighted by Gasteiger charge is 2.16. The van der Waals surface area contributed by atoms with Crippen LogP contribution in [-0.2, 0) is 6.42 Å². The summed E-state index contributed by atoms with van der Waals surface area (Å²) in [6.45, 7) is 0. The Balaban J connectivity index is 2.30. The van der Waals surface area contributed by atoms with Gasteiger partial charge in [-0.15, -0.1) is 0 Å². The van der Waals surface area contributed by atoms with Crippen LogP contribution in [0.1, 0.15) is 17.2 Å². The van der Waals surface area contributed by atoms with Crippen LogP contribution in [0.2, 0.25) is 5.02 Å². The predicted octanol–water partition coefficient (Wildman–Crippen LogP) is 4.12. The Hall–Kier alpha value is -1.45. The number of nitrogens with one attached hydrogen (secondary N) is 1. The highest BCUT2D eigenvalue weighted by Crippen LogP contribution is 2.25. The zero-order chi connectivity index (χ0) is 13.8. The van der Waals surface area contributed by atoms with E-state index in [-0.39, 0.29) is 17.7 Å². The second kappa shape index (κ2) is 6.13. The van der Waals surface area contributed by atoms with Crippen molar-refractivity contribution in [2.75, 3.05) is 7.05 Å². The molecule has 0 radical (unpaired) electrons. The molecule has 0 bridgehead atoms. The Morgan fingerprint density at radius 2 is 1.84 bits per heavy atom. The summed E-state index contributed by atoms with van der Waals surface area (Å²) in [5.41, 5.74) is 0.986. The molecule has 2 aromatic rings. The fraction of sp³-hybridized carbons (Fsp3) is 0.200. The maximum atomic E-state index is 13.8. The zero-order valence-electron chi connectivity index (χ0n) is 10.5. The van der Waals surface area contributed by atoms with Gasteiger partial charge in [0.05, 0.1) is 0 Å². The molecule has 0 aliphatic carbocycles. The Kier molecular flexibility index (Phi) is 4.51. The van der Waals surface area contributed by atoms with Crippen LogP contribution in [0.3, 0.4) is 0 Å². The summed E-state index contributed by atoms with van der Waals surface area (Å²) in [7, 11) is 1.71. The molecular formula is C15H14ClF2N. The van der Waals surface area contributed by atoms with Gasteiger partial charge in [-0.25, -0.2) is 8.78 Å².